The lowest BCUT2D eigenvalue weighted by Crippen LogP contribution is -2.36. The van der Waals surface area contributed by atoms with Crippen LogP contribution in [0, 0.1) is 0 Å². The van der Waals surface area contributed by atoms with Gasteiger partial charge in [-0.05, 0) is 53.9 Å². The van der Waals surface area contributed by atoms with Gasteiger partial charge in [-0.25, -0.2) is 0 Å². The van der Waals surface area contributed by atoms with Crippen molar-refractivity contribution in [1.29, 1.82) is 0 Å². The molecule has 1 aromatic heterocycles. The molecular weight excluding hydrogens is 282 g/mol. The van der Waals surface area contributed by atoms with Gasteiger partial charge in [0.05, 0.1) is 13.2 Å². The summed E-state index contributed by atoms with van der Waals surface area (Å²) >= 11 is 1.66. The number of benzene rings is 1. The molecule has 0 radical (unpaired) electrons. The van der Waals surface area contributed by atoms with Crippen LogP contribution in [-0.2, 0) is 11.3 Å². The van der Waals surface area contributed by atoms with Crippen molar-refractivity contribution in [2.75, 3.05) is 31.2 Å². The SMILES string of the molecule is c1cc(CNSc2ccc(N3CCOCC3)cc2)ccn1. The summed E-state index contributed by atoms with van der Waals surface area (Å²) in [5.41, 5.74) is 2.51. The van der Waals surface area contributed by atoms with Crippen molar-refractivity contribution in [1.82, 2.24) is 9.71 Å². The van der Waals surface area contributed by atoms with Gasteiger partial charge in [0.15, 0.2) is 0 Å². The second kappa shape index (κ2) is 7.45. The Morgan fingerprint density at radius 1 is 1.05 bits per heavy atom. The maximum atomic E-state index is 5.38. The molecule has 0 bridgehead atoms. The van der Waals surface area contributed by atoms with Crippen LogP contribution in [0.3, 0.4) is 0 Å². The molecule has 1 aromatic carbocycles. The van der Waals surface area contributed by atoms with Crippen LogP contribution in [0.4, 0.5) is 5.69 Å². The largest absolute Gasteiger partial charge is 0.378 e. The average Bonchev–Trinajstić information content (AvgIpc) is 2.57. The Hall–Kier alpha value is -1.56. The van der Waals surface area contributed by atoms with E-state index in [4.69, 9.17) is 4.74 Å². The minimum Gasteiger partial charge on any atom is -0.378 e. The van der Waals surface area contributed by atoms with E-state index in [2.05, 4.69) is 38.9 Å². The van der Waals surface area contributed by atoms with Gasteiger partial charge in [-0.3, -0.25) is 9.71 Å². The molecule has 0 saturated carbocycles. The minimum absolute atomic E-state index is 0.823. The molecule has 0 aliphatic carbocycles. The summed E-state index contributed by atoms with van der Waals surface area (Å²) in [7, 11) is 0. The van der Waals surface area contributed by atoms with Crippen LogP contribution in [0.1, 0.15) is 5.56 Å². The van der Waals surface area contributed by atoms with E-state index in [0.29, 0.717) is 0 Å². The molecular formula is C16H19N3OS. The standard InChI is InChI=1S/C16H19N3OS/c1-3-16(21-18-13-14-5-7-17-8-6-14)4-2-15(1)19-9-11-20-12-10-19/h1-8,18H,9-13H2. The van der Waals surface area contributed by atoms with Crippen molar-refractivity contribution in [2.24, 2.45) is 0 Å². The molecule has 0 amide bonds. The maximum absolute atomic E-state index is 5.38. The van der Waals surface area contributed by atoms with E-state index >= 15 is 0 Å². The molecule has 0 spiro atoms. The molecule has 1 N–H and O–H groups in total. The maximum Gasteiger partial charge on any atom is 0.0642 e. The van der Waals surface area contributed by atoms with Gasteiger partial charge in [0, 0.05) is 42.6 Å². The predicted molar refractivity (Wildman–Crippen MR) is 86.4 cm³/mol. The Labute approximate surface area is 129 Å². The molecule has 1 fully saturated rings. The van der Waals surface area contributed by atoms with Crippen LogP contribution < -0.4 is 9.62 Å². The molecule has 5 heteroatoms. The number of pyridine rings is 1. The van der Waals surface area contributed by atoms with E-state index < -0.39 is 0 Å². The molecule has 0 unspecified atom stereocenters. The summed E-state index contributed by atoms with van der Waals surface area (Å²) in [4.78, 5) is 7.60. The second-order valence-corrected chi connectivity index (χ2v) is 5.84. The number of anilines is 1. The Kier molecular flexibility index (Phi) is 5.10. The highest BCUT2D eigenvalue weighted by molar-refractivity contribution is 7.97. The molecule has 1 saturated heterocycles. The topological polar surface area (TPSA) is 37.4 Å². The van der Waals surface area contributed by atoms with E-state index in [0.717, 1.165) is 32.8 Å². The Balaban J connectivity index is 1.50. The highest BCUT2D eigenvalue weighted by atomic mass is 32.2. The van der Waals surface area contributed by atoms with E-state index in [-0.39, 0.29) is 0 Å². The number of nitrogens with one attached hydrogen (secondary N) is 1. The number of rotatable bonds is 5. The van der Waals surface area contributed by atoms with E-state index in [1.807, 2.05) is 24.5 Å². The van der Waals surface area contributed by atoms with Crippen molar-refractivity contribution in [3.05, 3.63) is 54.4 Å². The summed E-state index contributed by atoms with van der Waals surface area (Å²) in [5, 5.41) is 0. The fraction of sp³-hybridized carbons (Fsp3) is 0.312. The highest BCUT2D eigenvalue weighted by Gasteiger charge is 2.10. The van der Waals surface area contributed by atoms with Crippen LogP contribution in [0.5, 0.6) is 0 Å². The molecule has 1 aliphatic heterocycles. The normalized spacial score (nSPS) is 15.1. The van der Waals surface area contributed by atoms with E-state index in [1.165, 1.54) is 16.1 Å². The van der Waals surface area contributed by atoms with Crippen LogP contribution in [0.15, 0.2) is 53.7 Å². The molecule has 2 aromatic rings. The lowest BCUT2D eigenvalue weighted by Gasteiger charge is -2.28. The van der Waals surface area contributed by atoms with Crippen LogP contribution in [0.2, 0.25) is 0 Å². The van der Waals surface area contributed by atoms with Crippen molar-refractivity contribution >= 4 is 17.6 Å². The molecule has 0 atom stereocenters. The molecule has 4 nitrogen and oxygen atoms in total. The third kappa shape index (κ3) is 4.20. The highest BCUT2D eigenvalue weighted by Crippen LogP contribution is 2.21. The monoisotopic (exact) mass is 301 g/mol. The van der Waals surface area contributed by atoms with Gasteiger partial charge in [-0.2, -0.15) is 0 Å². The zero-order valence-electron chi connectivity index (χ0n) is 11.9. The Morgan fingerprint density at radius 3 is 2.48 bits per heavy atom. The Morgan fingerprint density at radius 2 is 1.76 bits per heavy atom. The van der Waals surface area contributed by atoms with Crippen molar-refractivity contribution in [3.63, 3.8) is 0 Å². The van der Waals surface area contributed by atoms with Crippen LogP contribution in [-0.4, -0.2) is 31.3 Å². The molecule has 21 heavy (non-hydrogen) atoms. The fourth-order valence-electron chi connectivity index (χ4n) is 2.25. The van der Waals surface area contributed by atoms with Gasteiger partial charge < -0.3 is 9.64 Å². The average molecular weight is 301 g/mol. The van der Waals surface area contributed by atoms with Gasteiger partial charge in [0.2, 0.25) is 0 Å². The fourth-order valence-corrected chi connectivity index (χ4v) is 2.93. The lowest BCUT2D eigenvalue weighted by atomic mass is 10.2. The first-order valence-corrected chi connectivity index (χ1v) is 7.95. The van der Waals surface area contributed by atoms with Gasteiger partial charge in [-0.15, -0.1) is 0 Å². The Bertz CT molecular complexity index is 541. The second-order valence-electron chi connectivity index (χ2n) is 4.87. The first kappa shape index (κ1) is 14.4. The van der Waals surface area contributed by atoms with Crippen molar-refractivity contribution in [3.8, 4) is 0 Å². The van der Waals surface area contributed by atoms with Crippen LogP contribution in [0.25, 0.3) is 0 Å². The van der Waals surface area contributed by atoms with E-state index in [1.54, 1.807) is 11.9 Å². The molecule has 3 rings (SSSR count). The molecule has 110 valence electrons. The van der Waals surface area contributed by atoms with Gasteiger partial charge in [-0.1, -0.05) is 0 Å². The first-order chi connectivity index (χ1) is 10.4. The number of nitrogens with zero attached hydrogens (tertiary/aromatic N) is 2. The van der Waals surface area contributed by atoms with Gasteiger partial charge >= 0.3 is 0 Å². The number of hydrogen-bond acceptors (Lipinski definition) is 5. The summed E-state index contributed by atoms with van der Waals surface area (Å²) in [5.74, 6) is 0. The third-order valence-electron chi connectivity index (χ3n) is 3.43. The first-order valence-electron chi connectivity index (χ1n) is 7.13. The summed E-state index contributed by atoms with van der Waals surface area (Å²) < 4.78 is 8.75. The van der Waals surface area contributed by atoms with Crippen molar-refractivity contribution in [2.45, 2.75) is 11.4 Å². The van der Waals surface area contributed by atoms with Crippen LogP contribution >= 0.6 is 11.9 Å². The smallest absolute Gasteiger partial charge is 0.0642 e. The molecule has 1 aliphatic rings. The summed E-state index contributed by atoms with van der Waals surface area (Å²) in [6.07, 6.45) is 3.64. The minimum atomic E-state index is 0.823. The van der Waals surface area contributed by atoms with Gasteiger partial charge in [0.1, 0.15) is 0 Å². The van der Waals surface area contributed by atoms with Gasteiger partial charge in [0.25, 0.3) is 0 Å². The summed E-state index contributed by atoms with van der Waals surface area (Å²) in [6, 6.07) is 12.7. The quantitative estimate of drug-likeness (QED) is 0.860. The number of ether oxygens (including phenoxy) is 1. The van der Waals surface area contributed by atoms with Crippen molar-refractivity contribution < 1.29 is 4.74 Å². The lowest BCUT2D eigenvalue weighted by molar-refractivity contribution is 0.122. The predicted octanol–water partition coefficient (Wildman–Crippen LogP) is 2.72. The zero-order chi connectivity index (χ0) is 14.3. The zero-order valence-corrected chi connectivity index (χ0v) is 12.7. The molecule has 2 heterocycles. The summed E-state index contributed by atoms with van der Waals surface area (Å²) in [6.45, 7) is 4.44. The number of hydrogen-bond donors (Lipinski definition) is 1. The third-order valence-corrected chi connectivity index (χ3v) is 4.23. The van der Waals surface area contributed by atoms with E-state index in [9.17, 15) is 0 Å². The number of aromatic nitrogens is 1. The number of morpholine rings is 1.